The van der Waals surface area contributed by atoms with Gasteiger partial charge in [0.1, 0.15) is 6.04 Å². The predicted molar refractivity (Wildman–Crippen MR) is 68.3 cm³/mol. The minimum absolute atomic E-state index is 0.287. The fourth-order valence-electron chi connectivity index (χ4n) is 1.52. The zero-order valence-corrected chi connectivity index (χ0v) is 11.1. The lowest BCUT2D eigenvalue weighted by Crippen LogP contribution is -2.47. The van der Waals surface area contributed by atoms with E-state index in [1.54, 1.807) is 23.7 Å². The zero-order valence-electron chi connectivity index (χ0n) is 10.3. The number of hydrogen-bond acceptors (Lipinski definition) is 3. The van der Waals surface area contributed by atoms with E-state index in [1.165, 1.54) is 12.8 Å². The Balaban J connectivity index is 2.35. The molecule has 0 heterocycles. The summed E-state index contributed by atoms with van der Waals surface area (Å²) in [6.45, 7) is 0.723. The second kappa shape index (κ2) is 6.74. The summed E-state index contributed by atoms with van der Waals surface area (Å²) in [5.41, 5.74) is 0. The van der Waals surface area contributed by atoms with Crippen molar-refractivity contribution in [2.75, 3.05) is 25.6 Å². The number of carboxylic acid groups (broad SMARTS) is 1. The van der Waals surface area contributed by atoms with Crippen molar-refractivity contribution < 1.29 is 14.7 Å². The van der Waals surface area contributed by atoms with Gasteiger partial charge in [-0.2, -0.15) is 11.8 Å². The first-order valence-electron chi connectivity index (χ1n) is 5.78. The Morgan fingerprint density at radius 1 is 1.53 bits per heavy atom. The first kappa shape index (κ1) is 14.2. The average molecular weight is 260 g/mol. The van der Waals surface area contributed by atoms with Crippen LogP contribution in [-0.4, -0.2) is 53.6 Å². The van der Waals surface area contributed by atoms with E-state index in [1.807, 2.05) is 6.26 Å². The summed E-state index contributed by atoms with van der Waals surface area (Å²) in [6.07, 6.45) is 4.72. The van der Waals surface area contributed by atoms with Crippen molar-refractivity contribution in [3.05, 3.63) is 0 Å². The van der Waals surface area contributed by atoms with E-state index < -0.39 is 12.0 Å². The number of nitrogens with zero attached hydrogens (tertiary/aromatic N) is 1. The molecule has 5 nitrogen and oxygen atoms in total. The number of rotatable bonds is 7. The lowest BCUT2D eigenvalue weighted by Gasteiger charge is -2.21. The van der Waals surface area contributed by atoms with Crippen molar-refractivity contribution >= 4 is 23.8 Å². The normalized spacial score (nSPS) is 16.4. The molecular weight excluding hydrogens is 240 g/mol. The van der Waals surface area contributed by atoms with Crippen LogP contribution in [0, 0.1) is 5.92 Å². The monoisotopic (exact) mass is 260 g/mol. The van der Waals surface area contributed by atoms with Crippen molar-refractivity contribution in [1.29, 1.82) is 0 Å². The fraction of sp³-hybridized carbons (Fsp3) is 0.818. The number of amides is 2. The summed E-state index contributed by atoms with van der Waals surface area (Å²) in [4.78, 5) is 24.3. The molecule has 0 aromatic rings. The average Bonchev–Trinajstić information content (AvgIpc) is 3.07. The van der Waals surface area contributed by atoms with Crippen LogP contribution in [0.25, 0.3) is 0 Å². The van der Waals surface area contributed by atoms with Crippen LogP contribution < -0.4 is 5.32 Å². The molecule has 6 heteroatoms. The molecule has 0 unspecified atom stereocenters. The van der Waals surface area contributed by atoms with Gasteiger partial charge in [-0.25, -0.2) is 9.59 Å². The molecule has 1 aliphatic rings. The van der Waals surface area contributed by atoms with Gasteiger partial charge in [0.25, 0.3) is 0 Å². The third kappa shape index (κ3) is 5.30. The van der Waals surface area contributed by atoms with Gasteiger partial charge in [0, 0.05) is 13.6 Å². The van der Waals surface area contributed by atoms with E-state index in [4.69, 9.17) is 5.11 Å². The zero-order chi connectivity index (χ0) is 12.8. The highest BCUT2D eigenvalue weighted by Crippen LogP contribution is 2.29. The molecule has 98 valence electrons. The highest BCUT2D eigenvalue weighted by atomic mass is 32.2. The van der Waals surface area contributed by atoms with Gasteiger partial charge < -0.3 is 15.3 Å². The molecule has 0 spiro atoms. The maximum absolute atomic E-state index is 11.7. The fourth-order valence-corrected chi connectivity index (χ4v) is 1.99. The summed E-state index contributed by atoms with van der Waals surface area (Å²) in [7, 11) is 1.71. The molecule has 2 N–H and O–H groups in total. The van der Waals surface area contributed by atoms with E-state index >= 15 is 0 Å². The number of urea groups is 1. The third-order valence-corrected chi connectivity index (χ3v) is 3.43. The van der Waals surface area contributed by atoms with Crippen LogP contribution in [0.3, 0.4) is 0 Å². The third-order valence-electron chi connectivity index (χ3n) is 2.78. The van der Waals surface area contributed by atoms with Crippen LogP contribution in [0.15, 0.2) is 0 Å². The van der Waals surface area contributed by atoms with Crippen LogP contribution in [0.1, 0.15) is 19.3 Å². The summed E-state index contributed by atoms with van der Waals surface area (Å²) in [5, 5.41) is 11.5. The molecule has 1 fully saturated rings. The lowest BCUT2D eigenvalue weighted by molar-refractivity contribution is -0.139. The Bertz CT molecular complexity index is 282. The summed E-state index contributed by atoms with van der Waals surface area (Å²) >= 11 is 1.58. The Labute approximate surface area is 106 Å². The molecule has 0 aromatic heterocycles. The van der Waals surface area contributed by atoms with Gasteiger partial charge in [-0.1, -0.05) is 0 Å². The van der Waals surface area contributed by atoms with Crippen LogP contribution in [-0.2, 0) is 4.79 Å². The number of carbonyl (C=O) groups excluding carboxylic acids is 1. The molecule has 1 aliphatic carbocycles. The van der Waals surface area contributed by atoms with Gasteiger partial charge in [0.05, 0.1) is 0 Å². The molecule has 0 bridgehead atoms. The van der Waals surface area contributed by atoms with E-state index in [0.717, 1.165) is 12.3 Å². The van der Waals surface area contributed by atoms with Crippen molar-refractivity contribution in [2.45, 2.75) is 25.3 Å². The highest BCUT2D eigenvalue weighted by Gasteiger charge is 2.26. The van der Waals surface area contributed by atoms with Crippen molar-refractivity contribution in [3.63, 3.8) is 0 Å². The second-order valence-electron chi connectivity index (χ2n) is 4.45. The lowest BCUT2D eigenvalue weighted by atomic mass is 10.2. The molecule has 1 atom stereocenters. The number of thioether (sulfide) groups is 1. The maximum Gasteiger partial charge on any atom is 0.326 e. The molecular formula is C11H20N2O3S. The van der Waals surface area contributed by atoms with Gasteiger partial charge in [-0.3, -0.25) is 0 Å². The Morgan fingerprint density at radius 2 is 2.18 bits per heavy atom. The summed E-state index contributed by atoms with van der Waals surface area (Å²) in [6, 6.07) is -1.07. The Hall–Kier alpha value is -0.910. The van der Waals surface area contributed by atoms with Crippen molar-refractivity contribution in [1.82, 2.24) is 10.2 Å². The minimum Gasteiger partial charge on any atom is -0.480 e. The summed E-state index contributed by atoms with van der Waals surface area (Å²) in [5.74, 6) is 0.372. The van der Waals surface area contributed by atoms with Crippen molar-refractivity contribution in [3.8, 4) is 0 Å². The molecule has 0 aliphatic heterocycles. The van der Waals surface area contributed by atoms with Crippen LogP contribution in [0.4, 0.5) is 4.79 Å². The first-order chi connectivity index (χ1) is 8.04. The molecule has 0 aromatic carbocycles. The van der Waals surface area contributed by atoms with Crippen molar-refractivity contribution in [2.24, 2.45) is 5.92 Å². The standard InChI is InChI=1S/C11H20N2O3S/c1-13(7-8-3-4-8)11(16)12-9(10(14)15)5-6-17-2/h8-9H,3-7H2,1-2H3,(H,12,16)(H,14,15)/t9-/m1/s1. The Kier molecular flexibility index (Phi) is 5.61. The van der Waals surface area contributed by atoms with E-state index in [-0.39, 0.29) is 6.03 Å². The topological polar surface area (TPSA) is 69.6 Å². The van der Waals surface area contributed by atoms with Crippen LogP contribution in [0.2, 0.25) is 0 Å². The molecule has 1 rings (SSSR count). The second-order valence-corrected chi connectivity index (χ2v) is 5.43. The van der Waals surface area contributed by atoms with Gasteiger partial charge in [0.15, 0.2) is 0 Å². The van der Waals surface area contributed by atoms with E-state index in [2.05, 4.69) is 5.32 Å². The van der Waals surface area contributed by atoms with Gasteiger partial charge in [-0.05, 0) is 37.2 Å². The minimum atomic E-state index is -0.966. The smallest absolute Gasteiger partial charge is 0.326 e. The molecule has 0 saturated heterocycles. The number of aliphatic carboxylic acids is 1. The van der Waals surface area contributed by atoms with Gasteiger partial charge in [0.2, 0.25) is 0 Å². The van der Waals surface area contributed by atoms with Crippen LogP contribution >= 0.6 is 11.8 Å². The van der Waals surface area contributed by atoms with Gasteiger partial charge in [-0.15, -0.1) is 0 Å². The Morgan fingerprint density at radius 3 is 2.65 bits per heavy atom. The predicted octanol–water partition coefficient (Wildman–Crippen LogP) is 1.24. The van der Waals surface area contributed by atoms with Crippen LogP contribution in [0.5, 0.6) is 0 Å². The van der Waals surface area contributed by atoms with E-state index in [9.17, 15) is 9.59 Å². The maximum atomic E-state index is 11.7. The number of nitrogens with one attached hydrogen (secondary N) is 1. The SMILES string of the molecule is CSCC[C@@H](NC(=O)N(C)CC1CC1)C(=O)O. The summed E-state index contributed by atoms with van der Waals surface area (Å²) < 4.78 is 0. The largest absolute Gasteiger partial charge is 0.480 e. The molecule has 17 heavy (non-hydrogen) atoms. The quantitative estimate of drug-likeness (QED) is 0.722. The number of carbonyl (C=O) groups is 2. The number of hydrogen-bond donors (Lipinski definition) is 2. The molecule has 0 radical (unpaired) electrons. The number of carboxylic acids is 1. The highest BCUT2D eigenvalue weighted by molar-refractivity contribution is 7.98. The molecule has 2 amide bonds. The van der Waals surface area contributed by atoms with E-state index in [0.29, 0.717) is 12.3 Å². The molecule has 1 saturated carbocycles. The van der Waals surface area contributed by atoms with Gasteiger partial charge >= 0.3 is 12.0 Å². The first-order valence-corrected chi connectivity index (χ1v) is 7.17.